The molecule has 0 aliphatic carbocycles. The maximum absolute atomic E-state index is 10.5. The number of methoxy groups -OCH3 is 1. The molecule has 0 bridgehead atoms. The highest BCUT2D eigenvalue weighted by Crippen LogP contribution is 2.31. The minimum atomic E-state index is -0.639. The standard InChI is InChI=1S/C15H24O3/c1-5-7-14(18-6-2)15(16)12-10-11(3)8-9-13(12)17-4/h8-10,14-16H,5-7H2,1-4H3. The van der Waals surface area contributed by atoms with Gasteiger partial charge in [0, 0.05) is 12.2 Å². The SMILES string of the molecule is CCCC(OCC)C(O)c1cc(C)ccc1OC. The van der Waals surface area contributed by atoms with E-state index >= 15 is 0 Å². The first-order valence-electron chi connectivity index (χ1n) is 6.58. The molecule has 0 saturated carbocycles. The van der Waals surface area contributed by atoms with Gasteiger partial charge in [-0.05, 0) is 32.4 Å². The van der Waals surface area contributed by atoms with Gasteiger partial charge in [0.2, 0.25) is 0 Å². The Morgan fingerprint density at radius 3 is 2.56 bits per heavy atom. The van der Waals surface area contributed by atoms with Crippen molar-refractivity contribution in [2.45, 2.75) is 45.8 Å². The van der Waals surface area contributed by atoms with Crippen LogP contribution in [0.4, 0.5) is 0 Å². The fourth-order valence-electron chi connectivity index (χ4n) is 2.12. The third kappa shape index (κ3) is 3.72. The highest BCUT2D eigenvalue weighted by molar-refractivity contribution is 5.38. The van der Waals surface area contributed by atoms with Crippen molar-refractivity contribution >= 4 is 0 Å². The van der Waals surface area contributed by atoms with Gasteiger partial charge in [-0.3, -0.25) is 0 Å². The number of rotatable bonds is 7. The van der Waals surface area contributed by atoms with Crippen molar-refractivity contribution in [1.29, 1.82) is 0 Å². The van der Waals surface area contributed by atoms with Gasteiger partial charge in [-0.25, -0.2) is 0 Å². The number of aryl methyl sites for hydroxylation is 1. The summed E-state index contributed by atoms with van der Waals surface area (Å²) in [5, 5.41) is 10.5. The van der Waals surface area contributed by atoms with Crippen LogP contribution in [0.3, 0.4) is 0 Å². The lowest BCUT2D eigenvalue weighted by atomic mass is 9.98. The summed E-state index contributed by atoms with van der Waals surface area (Å²) in [6.45, 7) is 6.65. The molecule has 1 N–H and O–H groups in total. The van der Waals surface area contributed by atoms with E-state index in [0.29, 0.717) is 12.4 Å². The predicted octanol–water partition coefficient (Wildman–Crippen LogP) is 3.24. The van der Waals surface area contributed by atoms with Crippen LogP contribution in [0.2, 0.25) is 0 Å². The summed E-state index contributed by atoms with van der Waals surface area (Å²) in [6, 6.07) is 5.83. The lowest BCUT2D eigenvalue weighted by Gasteiger charge is -2.24. The average Bonchev–Trinajstić information content (AvgIpc) is 2.37. The third-order valence-electron chi connectivity index (χ3n) is 3.01. The number of benzene rings is 1. The van der Waals surface area contributed by atoms with Crippen LogP contribution >= 0.6 is 0 Å². The molecule has 0 aliphatic rings. The minimum absolute atomic E-state index is 0.171. The topological polar surface area (TPSA) is 38.7 Å². The number of hydrogen-bond donors (Lipinski definition) is 1. The zero-order valence-corrected chi connectivity index (χ0v) is 11.8. The van der Waals surface area contributed by atoms with E-state index in [4.69, 9.17) is 9.47 Å². The molecule has 2 unspecified atom stereocenters. The molecule has 102 valence electrons. The monoisotopic (exact) mass is 252 g/mol. The van der Waals surface area contributed by atoms with Crippen molar-refractivity contribution < 1.29 is 14.6 Å². The molecule has 1 rings (SSSR count). The molecule has 1 aromatic carbocycles. The number of aliphatic hydroxyl groups excluding tert-OH is 1. The van der Waals surface area contributed by atoms with Gasteiger partial charge in [-0.1, -0.05) is 25.0 Å². The lowest BCUT2D eigenvalue weighted by molar-refractivity contribution is -0.0392. The molecule has 0 fully saturated rings. The molecule has 0 spiro atoms. The summed E-state index contributed by atoms with van der Waals surface area (Å²) < 4.78 is 10.9. The van der Waals surface area contributed by atoms with Crippen molar-refractivity contribution in [3.63, 3.8) is 0 Å². The quantitative estimate of drug-likeness (QED) is 0.809. The molecule has 0 aromatic heterocycles. The Bertz CT molecular complexity index is 357. The number of ether oxygens (including phenoxy) is 2. The summed E-state index contributed by atoms with van der Waals surface area (Å²) in [5.41, 5.74) is 1.92. The van der Waals surface area contributed by atoms with E-state index < -0.39 is 6.10 Å². The molecule has 1 aromatic rings. The van der Waals surface area contributed by atoms with Gasteiger partial charge in [0.1, 0.15) is 11.9 Å². The largest absolute Gasteiger partial charge is 0.496 e. The van der Waals surface area contributed by atoms with E-state index in [1.54, 1.807) is 7.11 Å². The van der Waals surface area contributed by atoms with Crippen LogP contribution in [0.5, 0.6) is 5.75 Å². The second-order valence-electron chi connectivity index (χ2n) is 4.47. The third-order valence-corrected chi connectivity index (χ3v) is 3.01. The fourth-order valence-corrected chi connectivity index (χ4v) is 2.12. The van der Waals surface area contributed by atoms with Crippen LogP contribution in [-0.4, -0.2) is 24.9 Å². The number of hydrogen-bond acceptors (Lipinski definition) is 3. The smallest absolute Gasteiger partial charge is 0.124 e. The zero-order valence-electron chi connectivity index (χ0n) is 11.8. The molecule has 0 amide bonds. The van der Waals surface area contributed by atoms with E-state index in [2.05, 4.69) is 6.92 Å². The van der Waals surface area contributed by atoms with Gasteiger partial charge >= 0.3 is 0 Å². The van der Waals surface area contributed by atoms with E-state index in [0.717, 1.165) is 24.0 Å². The highest BCUT2D eigenvalue weighted by atomic mass is 16.5. The van der Waals surface area contributed by atoms with Gasteiger partial charge in [0.05, 0.1) is 13.2 Å². The summed E-state index contributed by atoms with van der Waals surface area (Å²) in [4.78, 5) is 0. The van der Waals surface area contributed by atoms with Crippen LogP contribution in [-0.2, 0) is 4.74 Å². The van der Waals surface area contributed by atoms with Gasteiger partial charge in [-0.2, -0.15) is 0 Å². The van der Waals surface area contributed by atoms with Gasteiger partial charge in [0.25, 0.3) is 0 Å². The van der Waals surface area contributed by atoms with E-state index in [9.17, 15) is 5.11 Å². The predicted molar refractivity (Wildman–Crippen MR) is 73.0 cm³/mol. The second kappa shape index (κ2) is 7.39. The molecule has 0 aliphatic heterocycles. The molecule has 0 radical (unpaired) electrons. The molecule has 18 heavy (non-hydrogen) atoms. The van der Waals surface area contributed by atoms with Gasteiger partial charge < -0.3 is 14.6 Å². The Balaban J connectivity index is 2.98. The minimum Gasteiger partial charge on any atom is -0.496 e. The van der Waals surface area contributed by atoms with E-state index in [1.807, 2.05) is 32.0 Å². The highest BCUT2D eigenvalue weighted by Gasteiger charge is 2.23. The second-order valence-corrected chi connectivity index (χ2v) is 4.47. The van der Waals surface area contributed by atoms with Gasteiger partial charge in [-0.15, -0.1) is 0 Å². The van der Waals surface area contributed by atoms with E-state index in [1.165, 1.54) is 0 Å². The first-order chi connectivity index (χ1) is 8.63. The Morgan fingerprint density at radius 1 is 1.28 bits per heavy atom. The maximum Gasteiger partial charge on any atom is 0.124 e. The fraction of sp³-hybridized carbons (Fsp3) is 0.600. The molecule has 3 nitrogen and oxygen atoms in total. The summed E-state index contributed by atoms with van der Waals surface area (Å²) >= 11 is 0. The normalized spacial score (nSPS) is 14.3. The first-order valence-corrected chi connectivity index (χ1v) is 6.58. The molecule has 3 heteroatoms. The summed E-state index contributed by atoms with van der Waals surface area (Å²) in [7, 11) is 1.62. The molecular weight excluding hydrogens is 228 g/mol. The summed E-state index contributed by atoms with van der Waals surface area (Å²) in [6.07, 6.45) is 1.01. The van der Waals surface area contributed by atoms with Crippen LogP contribution in [0.25, 0.3) is 0 Å². The van der Waals surface area contributed by atoms with Gasteiger partial charge in [0.15, 0.2) is 0 Å². The maximum atomic E-state index is 10.5. The summed E-state index contributed by atoms with van der Waals surface area (Å²) in [5.74, 6) is 0.717. The average molecular weight is 252 g/mol. The van der Waals surface area contributed by atoms with E-state index in [-0.39, 0.29) is 6.10 Å². The van der Waals surface area contributed by atoms with Crippen molar-refractivity contribution in [3.05, 3.63) is 29.3 Å². The van der Waals surface area contributed by atoms with Crippen molar-refractivity contribution in [1.82, 2.24) is 0 Å². The van der Waals surface area contributed by atoms with Crippen molar-refractivity contribution in [2.24, 2.45) is 0 Å². The zero-order chi connectivity index (χ0) is 13.5. The van der Waals surface area contributed by atoms with Crippen LogP contribution in [0.1, 0.15) is 43.9 Å². The Hall–Kier alpha value is -1.06. The Morgan fingerprint density at radius 2 is 2.00 bits per heavy atom. The number of aliphatic hydroxyl groups is 1. The van der Waals surface area contributed by atoms with Crippen molar-refractivity contribution in [2.75, 3.05) is 13.7 Å². The van der Waals surface area contributed by atoms with Crippen LogP contribution in [0.15, 0.2) is 18.2 Å². The molecule has 0 saturated heterocycles. The molecule has 2 atom stereocenters. The van der Waals surface area contributed by atoms with Crippen LogP contribution in [0, 0.1) is 6.92 Å². The lowest BCUT2D eigenvalue weighted by Crippen LogP contribution is -2.22. The Labute approximate surface area is 110 Å². The first kappa shape index (κ1) is 15.0. The molecular formula is C15H24O3. The Kier molecular flexibility index (Phi) is 6.16. The van der Waals surface area contributed by atoms with Crippen molar-refractivity contribution in [3.8, 4) is 5.75 Å². The van der Waals surface area contributed by atoms with Crippen LogP contribution < -0.4 is 4.74 Å². The molecule has 0 heterocycles.